The van der Waals surface area contributed by atoms with E-state index in [0.29, 0.717) is 16.9 Å². The Bertz CT molecular complexity index is 759. The highest BCUT2D eigenvalue weighted by molar-refractivity contribution is 5.94. The highest BCUT2D eigenvalue weighted by atomic mass is 16.5. The number of nitrogens with one attached hydrogen (secondary N) is 2. The van der Waals surface area contributed by atoms with Crippen LogP contribution in [0.25, 0.3) is 0 Å². The number of hydrogen-bond acceptors (Lipinski definition) is 5. The number of carbonyl (C=O) groups is 1. The fourth-order valence-corrected chi connectivity index (χ4v) is 2.33. The minimum absolute atomic E-state index is 0.00925. The maximum Gasteiger partial charge on any atom is 0.254 e. The molecule has 2 aromatic carbocycles. The molecule has 0 aromatic heterocycles. The number of rotatable bonds is 7. The van der Waals surface area contributed by atoms with Crippen LogP contribution in [-0.2, 0) is 16.1 Å². The molecule has 2 aromatic rings. The van der Waals surface area contributed by atoms with Gasteiger partial charge in [0.05, 0.1) is 7.11 Å². The van der Waals surface area contributed by atoms with E-state index in [1.165, 1.54) is 20.3 Å². The third kappa shape index (κ3) is 4.48. The zero-order valence-electron chi connectivity index (χ0n) is 14.1. The lowest BCUT2D eigenvalue weighted by Crippen LogP contribution is -2.30. The third-order valence-electron chi connectivity index (χ3n) is 3.73. The maximum atomic E-state index is 12.4. The van der Waals surface area contributed by atoms with E-state index in [9.17, 15) is 9.90 Å². The molecule has 25 heavy (non-hydrogen) atoms. The number of ether oxygens (including phenoxy) is 2. The molecule has 0 aliphatic carbocycles. The van der Waals surface area contributed by atoms with Gasteiger partial charge in [0.25, 0.3) is 5.91 Å². The average Bonchev–Trinajstić information content (AvgIpc) is 2.62. The van der Waals surface area contributed by atoms with Crippen molar-refractivity contribution in [1.29, 1.82) is 5.41 Å². The van der Waals surface area contributed by atoms with E-state index in [-0.39, 0.29) is 24.0 Å². The van der Waals surface area contributed by atoms with E-state index >= 15 is 0 Å². The van der Waals surface area contributed by atoms with Crippen LogP contribution in [0, 0.1) is 5.41 Å². The van der Waals surface area contributed by atoms with Gasteiger partial charge in [-0.2, -0.15) is 0 Å². The number of amidine groups is 1. The molecule has 1 amide bonds. The molecular formula is C18H21N3O4. The van der Waals surface area contributed by atoms with Crippen LogP contribution in [0.1, 0.15) is 22.8 Å². The Morgan fingerprint density at radius 3 is 2.44 bits per heavy atom. The van der Waals surface area contributed by atoms with Crippen LogP contribution in [0.2, 0.25) is 0 Å². The molecule has 0 heterocycles. The van der Waals surface area contributed by atoms with Crippen molar-refractivity contribution in [3.8, 4) is 11.5 Å². The summed E-state index contributed by atoms with van der Waals surface area (Å²) >= 11 is 0. The van der Waals surface area contributed by atoms with Crippen molar-refractivity contribution in [3.05, 3.63) is 59.2 Å². The number of aromatic hydroxyl groups is 1. The number of phenols is 1. The molecule has 1 atom stereocenters. The summed E-state index contributed by atoms with van der Waals surface area (Å²) in [5, 5.41) is 20.2. The quantitative estimate of drug-likeness (QED) is 0.451. The average molecular weight is 343 g/mol. The molecule has 2 rings (SSSR count). The second-order valence-electron chi connectivity index (χ2n) is 5.37. The summed E-state index contributed by atoms with van der Waals surface area (Å²) in [7, 11) is 2.89. The molecule has 0 spiro atoms. The predicted molar refractivity (Wildman–Crippen MR) is 93.7 cm³/mol. The van der Waals surface area contributed by atoms with E-state index in [1.807, 2.05) is 0 Å². The SMILES string of the molecule is COc1ccc([C@H](OC)C(=O)NCc2ccc(C(=N)N)cc2)c(O)c1. The number of nitrogens with two attached hydrogens (primary N) is 1. The molecule has 0 saturated carbocycles. The number of nitrogen functional groups attached to an aromatic ring is 1. The first-order valence-electron chi connectivity index (χ1n) is 7.57. The first-order chi connectivity index (χ1) is 12.0. The number of phenolic OH excluding ortho intramolecular Hbond substituents is 1. The first kappa shape index (κ1) is 18.3. The zero-order chi connectivity index (χ0) is 18.4. The second kappa shape index (κ2) is 8.16. The Labute approximate surface area is 145 Å². The number of carbonyl (C=O) groups excluding carboxylic acids is 1. The van der Waals surface area contributed by atoms with Crippen LogP contribution < -0.4 is 15.8 Å². The van der Waals surface area contributed by atoms with Crippen molar-refractivity contribution < 1.29 is 19.4 Å². The van der Waals surface area contributed by atoms with E-state index in [1.54, 1.807) is 36.4 Å². The zero-order valence-corrected chi connectivity index (χ0v) is 14.1. The van der Waals surface area contributed by atoms with Crippen molar-refractivity contribution in [1.82, 2.24) is 5.32 Å². The molecule has 0 saturated heterocycles. The molecule has 0 unspecified atom stereocenters. The number of hydrogen-bond donors (Lipinski definition) is 4. The predicted octanol–water partition coefficient (Wildman–Crippen LogP) is 1.69. The Morgan fingerprint density at radius 2 is 1.92 bits per heavy atom. The van der Waals surface area contributed by atoms with Gasteiger partial charge in [-0.1, -0.05) is 24.3 Å². The molecule has 7 heteroatoms. The maximum absolute atomic E-state index is 12.4. The first-order valence-corrected chi connectivity index (χ1v) is 7.57. The van der Waals surface area contributed by atoms with Crippen LogP contribution in [0.15, 0.2) is 42.5 Å². The van der Waals surface area contributed by atoms with Gasteiger partial charge in [-0.05, 0) is 17.7 Å². The van der Waals surface area contributed by atoms with Gasteiger partial charge < -0.3 is 25.6 Å². The Morgan fingerprint density at radius 1 is 1.24 bits per heavy atom. The molecule has 0 aliphatic heterocycles. The second-order valence-corrected chi connectivity index (χ2v) is 5.37. The van der Waals surface area contributed by atoms with Gasteiger partial charge in [-0.25, -0.2) is 0 Å². The van der Waals surface area contributed by atoms with Gasteiger partial charge in [0.15, 0.2) is 6.10 Å². The van der Waals surface area contributed by atoms with E-state index < -0.39 is 6.10 Å². The highest BCUT2D eigenvalue weighted by Gasteiger charge is 2.23. The van der Waals surface area contributed by atoms with E-state index in [0.717, 1.165) is 5.56 Å². The van der Waals surface area contributed by atoms with Crippen molar-refractivity contribution in [2.24, 2.45) is 5.73 Å². The lowest BCUT2D eigenvalue weighted by atomic mass is 10.1. The summed E-state index contributed by atoms with van der Waals surface area (Å²) in [6.45, 7) is 0.286. The summed E-state index contributed by atoms with van der Waals surface area (Å²) in [4.78, 5) is 12.4. The van der Waals surface area contributed by atoms with Crippen molar-refractivity contribution in [3.63, 3.8) is 0 Å². The van der Waals surface area contributed by atoms with E-state index in [2.05, 4.69) is 5.32 Å². The van der Waals surface area contributed by atoms with Gasteiger partial charge in [-0.15, -0.1) is 0 Å². The monoisotopic (exact) mass is 343 g/mol. The molecule has 0 bridgehead atoms. The summed E-state index contributed by atoms with van der Waals surface area (Å²) < 4.78 is 10.3. The molecule has 0 fully saturated rings. The van der Waals surface area contributed by atoms with Crippen molar-refractivity contribution in [2.75, 3.05) is 14.2 Å². The summed E-state index contributed by atoms with van der Waals surface area (Å²) in [6, 6.07) is 11.7. The number of benzene rings is 2. The Hall–Kier alpha value is -3.06. The number of methoxy groups -OCH3 is 2. The third-order valence-corrected chi connectivity index (χ3v) is 3.73. The highest BCUT2D eigenvalue weighted by Crippen LogP contribution is 2.30. The minimum atomic E-state index is -0.942. The largest absolute Gasteiger partial charge is 0.507 e. The molecular weight excluding hydrogens is 322 g/mol. The van der Waals surface area contributed by atoms with Crippen LogP contribution in [0.4, 0.5) is 0 Å². The molecule has 132 valence electrons. The standard InChI is InChI=1S/C18H21N3O4/c1-24-13-7-8-14(15(22)9-13)16(25-2)18(23)21-10-11-3-5-12(6-4-11)17(19)20/h3-9,16,22H,10H2,1-2H3,(H3,19,20)(H,21,23)/t16-/m0/s1. The van der Waals surface area contributed by atoms with Crippen LogP contribution >= 0.6 is 0 Å². The van der Waals surface area contributed by atoms with Gasteiger partial charge in [0, 0.05) is 30.8 Å². The summed E-state index contributed by atoms with van der Waals surface area (Å²) in [5.41, 5.74) is 7.23. The molecule has 0 radical (unpaired) electrons. The minimum Gasteiger partial charge on any atom is -0.507 e. The van der Waals surface area contributed by atoms with Crippen molar-refractivity contribution in [2.45, 2.75) is 12.6 Å². The van der Waals surface area contributed by atoms with Gasteiger partial charge in [0.1, 0.15) is 17.3 Å². The van der Waals surface area contributed by atoms with Crippen molar-refractivity contribution >= 4 is 11.7 Å². The van der Waals surface area contributed by atoms with Crippen LogP contribution in [0.3, 0.4) is 0 Å². The topological polar surface area (TPSA) is 118 Å². The number of amides is 1. The van der Waals surface area contributed by atoms with Crippen LogP contribution in [0.5, 0.6) is 11.5 Å². The Kier molecular flexibility index (Phi) is 5.97. The summed E-state index contributed by atoms with van der Waals surface area (Å²) in [5.74, 6) is 0.0258. The lowest BCUT2D eigenvalue weighted by molar-refractivity contribution is -0.131. The van der Waals surface area contributed by atoms with E-state index in [4.69, 9.17) is 20.6 Å². The smallest absolute Gasteiger partial charge is 0.254 e. The van der Waals surface area contributed by atoms with Gasteiger partial charge >= 0.3 is 0 Å². The fourth-order valence-electron chi connectivity index (χ4n) is 2.33. The normalized spacial score (nSPS) is 11.6. The lowest BCUT2D eigenvalue weighted by Gasteiger charge is -2.17. The Balaban J connectivity index is 2.06. The van der Waals surface area contributed by atoms with Crippen LogP contribution in [-0.4, -0.2) is 31.1 Å². The van der Waals surface area contributed by atoms with Gasteiger partial charge in [0.2, 0.25) is 0 Å². The molecule has 5 N–H and O–H groups in total. The fraction of sp³-hybridized carbons (Fsp3) is 0.222. The van der Waals surface area contributed by atoms with Gasteiger partial charge in [-0.3, -0.25) is 10.2 Å². The molecule has 0 aliphatic rings. The summed E-state index contributed by atoms with van der Waals surface area (Å²) in [6.07, 6.45) is -0.942. The molecule has 7 nitrogen and oxygen atoms in total.